The van der Waals surface area contributed by atoms with Crippen molar-refractivity contribution in [3.05, 3.63) is 57.8 Å². The second kappa shape index (κ2) is 4.85. The molecule has 1 heterocycles. The molecule has 2 aromatic carbocycles. The first-order chi connectivity index (χ1) is 9.15. The summed E-state index contributed by atoms with van der Waals surface area (Å²) in [6, 6.07) is 10.9. The van der Waals surface area contributed by atoms with Crippen molar-refractivity contribution >= 4 is 21.6 Å². The summed E-state index contributed by atoms with van der Waals surface area (Å²) >= 11 is 3.26. The number of nitrogens with one attached hydrogen (secondary N) is 1. The lowest BCUT2D eigenvalue weighted by atomic mass is 10.1. The monoisotopic (exact) mass is 321 g/mol. The maximum Gasteiger partial charge on any atom is 0.144 e. The Morgan fingerprint density at radius 1 is 1.32 bits per heavy atom. The first kappa shape index (κ1) is 12.5. The van der Waals surface area contributed by atoms with Crippen molar-refractivity contribution in [2.45, 2.75) is 13.0 Å². The lowest BCUT2D eigenvalue weighted by molar-refractivity contribution is 0.205. The highest BCUT2D eigenvalue weighted by molar-refractivity contribution is 9.10. The molecule has 3 rings (SSSR count). The van der Waals surface area contributed by atoms with Gasteiger partial charge in [0.2, 0.25) is 0 Å². The van der Waals surface area contributed by atoms with E-state index in [9.17, 15) is 4.39 Å². The lowest BCUT2D eigenvalue weighted by Gasteiger charge is -2.29. The summed E-state index contributed by atoms with van der Waals surface area (Å²) in [7, 11) is 0. The van der Waals surface area contributed by atoms with E-state index in [1.807, 2.05) is 31.2 Å². The smallest absolute Gasteiger partial charge is 0.144 e. The minimum absolute atomic E-state index is 0.253. The third-order valence-corrected chi connectivity index (χ3v) is 3.77. The van der Waals surface area contributed by atoms with E-state index in [-0.39, 0.29) is 11.9 Å². The van der Waals surface area contributed by atoms with E-state index in [4.69, 9.17) is 4.74 Å². The Morgan fingerprint density at radius 2 is 2.16 bits per heavy atom. The number of para-hydroxylation sites is 1. The van der Waals surface area contributed by atoms with Crippen LogP contribution in [0.4, 0.5) is 10.1 Å². The number of anilines is 1. The van der Waals surface area contributed by atoms with Crippen LogP contribution < -0.4 is 10.1 Å². The molecule has 1 unspecified atom stereocenters. The van der Waals surface area contributed by atoms with Crippen LogP contribution in [0, 0.1) is 12.7 Å². The molecule has 0 amide bonds. The van der Waals surface area contributed by atoms with Crippen LogP contribution in [0.15, 0.2) is 40.9 Å². The second-order valence-corrected chi connectivity index (χ2v) is 5.52. The molecule has 2 aromatic rings. The van der Waals surface area contributed by atoms with Crippen LogP contribution in [0.5, 0.6) is 5.75 Å². The topological polar surface area (TPSA) is 21.3 Å². The van der Waals surface area contributed by atoms with Crippen LogP contribution in [0.1, 0.15) is 17.2 Å². The average molecular weight is 322 g/mol. The summed E-state index contributed by atoms with van der Waals surface area (Å²) in [5.41, 5.74) is 2.70. The molecule has 19 heavy (non-hydrogen) atoms. The van der Waals surface area contributed by atoms with Gasteiger partial charge in [0.15, 0.2) is 0 Å². The summed E-state index contributed by atoms with van der Waals surface area (Å²) in [4.78, 5) is 0. The molecular formula is C15H13BrFNO. The number of fused-ring (bicyclic) bond motifs is 1. The Hall–Kier alpha value is -1.55. The van der Waals surface area contributed by atoms with Gasteiger partial charge in [0.05, 0.1) is 12.2 Å². The molecule has 0 saturated carbocycles. The number of hydrogen-bond donors (Lipinski definition) is 1. The zero-order valence-electron chi connectivity index (χ0n) is 10.4. The van der Waals surface area contributed by atoms with Crippen LogP contribution in [-0.4, -0.2) is 6.54 Å². The molecular weight excluding hydrogens is 309 g/mol. The maximum atomic E-state index is 14.0. The van der Waals surface area contributed by atoms with Gasteiger partial charge < -0.3 is 10.1 Å². The first-order valence-corrected chi connectivity index (χ1v) is 6.89. The Bertz CT molecular complexity index is 630. The molecule has 1 aliphatic rings. The van der Waals surface area contributed by atoms with Crippen LogP contribution in [-0.2, 0) is 0 Å². The van der Waals surface area contributed by atoms with Crippen molar-refractivity contribution in [1.29, 1.82) is 0 Å². The van der Waals surface area contributed by atoms with Crippen molar-refractivity contribution in [2.75, 3.05) is 11.9 Å². The van der Waals surface area contributed by atoms with Crippen molar-refractivity contribution < 1.29 is 9.13 Å². The van der Waals surface area contributed by atoms with Gasteiger partial charge in [-0.3, -0.25) is 0 Å². The van der Waals surface area contributed by atoms with E-state index < -0.39 is 0 Å². The summed E-state index contributed by atoms with van der Waals surface area (Å²) in [5, 5.41) is 3.32. The van der Waals surface area contributed by atoms with Crippen LogP contribution in [0.2, 0.25) is 0 Å². The average Bonchev–Trinajstić information content (AvgIpc) is 2.38. The second-order valence-electron chi connectivity index (χ2n) is 4.60. The number of aryl methyl sites for hydroxylation is 1. The maximum absolute atomic E-state index is 14.0. The molecule has 98 valence electrons. The summed E-state index contributed by atoms with van der Waals surface area (Å²) in [5.74, 6) is 0.524. The molecule has 0 saturated heterocycles. The summed E-state index contributed by atoms with van der Waals surface area (Å²) in [6.45, 7) is 2.59. The highest BCUT2D eigenvalue weighted by Gasteiger charge is 2.24. The van der Waals surface area contributed by atoms with Crippen LogP contribution in [0.3, 0.4) is 0 Å². The summed E-state index contributed by atoms with van der Waals surface area (Å²) < 4.78 is 20.6. The number of ether oxygens (including phenoxy) is 1. The van der Waals surface area contributed by atoms with Gasteiger partial charge in [-0.15, -0.1) is 0 Å². The zero-order chi connectivity index (χ0) is 13.4. The molecule has 1 N–H and O–H groups in total. The predicted octanol–water partition coefficient (Wildman–Crippen LogP) is 4.44. The van der Waals surface area contributed by atoms with E-state index >= 15 is 0 Å². The lowest BCUT2D eigenvalue weighted by Crippen LogP contribution is -2.24. The van der Waals surface area contributed by atoms with Gasteiger partial charge in [0, 0.05) is 10.0 Å². The molecule has 0 aliphatic carbocycles. The number of hydrogen-bond acceptors (Lipinski definition) is 2. The predicted molar refractivity (Wildman–Crippen MR) is 77.1 cm³/mol. The van der Waals surface area contributed by atoms with Gasteiger partial charge in [-0.2, -0.15) is 0 Å². The van der Waals surface area contributed by atoms with Crippen molar-refractivity contribution in [3.8, 4) is 5.75 Å². The third-order valence-electron chi connectivity index (χ3n) is 3.28. The first-order valence-electron chi connectivity index (χ1n) is 6.10. The van der Waals surface area contributed by atoms with E-state index in [1.54, 1.807) is 6.07 Å². The van der Waals surface area contributed by atoms with E-state index in [1.165, 1.54) is 6.07 Å². The Balaban J connectivity index is 1.93. The highest BCUT2D eigenvalue weighted by Crippen LogP contribution is 2.37. The minimum Gasteiger partial charge on any atom is -0.482 e. The van der Waals surface area contributed by atoms with Crippen LogP contribution >= 0.6 is 15.9 Å². The molecule has 0 fully saturated rings. The van der Waals surface area contributed by atoms with E-state index in [0.29, 0.717) is 12.1 Å². The molecule has 2 nitrogen and oxygen atoms in total. The van der Waals surface area contributed by atoms with Gasteiger partial charge in [-0.05, 0) is 30.7 Å². The third kappa shape index (κ3) is 2.32. The molecule has 1 atom stereocenters. The van der Waals surface area contributed by atoms with Gasteiger partial charge >= 0.3 is 0 Å². The SMILES string of the molecule is Cc1cccc2c1NCC(c1ccc(Br)cc1F)O2. The minimum atomic E-state index is -0.303. The number of halogens is 2. The molecule has 4 heteroatoms. The van der Waals surface area contributed by atoms with Gasteiger partial charge in [-0.1, -0.05) is 34.1 Å². The fourth-order valence-electron chi connectivity index (χ4n) is 2.29. The van der Waals surface area contributed by atoms with Crippen molar-refractivity contribution in [3.63, 3.8) is 0 Å². The van der Waals surface area contributed by atoms with E-state index in [0.717, 1.165) is 21.5 Å². The Kier molecular flexibility index (Phi) is 3.19. The summed E-state index contributed by atoms with van der Waals surface area (Å²) in [6.07, 6.45) is -0.303. The standard InChI is InChI=1S/C15H13BrFNO/c1-9-3-2-4-13-15(9)18-8-14(19-13)11-6-5-10(16)7-12(11)17/h2-7,14,18H,8H2,1H3. The Labute approximate surface area is 119 Å². The number of rotatable bonds is 1. The van der Waals surface area contributed by atoms with Crippen molar-refractivity contribution in [1.82, 2.24) is 0 Å². The van der Waals surface area contributed by atoms with E-state index in [2.05, 4.69) is 21.2 Å². The molecule has 0 radical (unpaired) electrons. The van der Waals surface area contributed by atoms with Crippen LogP contribution in [0.25, 0.3) is 0 Å². The largest absolute Gasteiger partial charge is 0.482 e. The quantitative estimate of drug-likeness (QED) is 0.838. The van der Waals surface area contributed by atoms with Gasteiger partial charge in [0.25, 0.3) is 0 Å². The normalized spacial score (nSPS) is 17.3. The Morgan fingerprint density at radius 3 is 2.95 bits per heavy atom. The molecule has 0 bridgehead atoms. The zero-order valence-corrected chi connectivity index (χ0v) is 12.0. The fourth-order valence-corrected chi connectivity index (χ4v) is 2.62. The highest BCUT2D eigenvalue weighted by atomic mass is 79.9. The van der Waals surface area contributed by atoms with Gasteiger partial charge in [0.1, 0.15) is 17.7 Å². The molecule has 0 spiro atoms. The fraction of sp³-hybridized carbons (Fsp3) is 0.200. The number of benzene rings is 2. The van der Waals surface area contributed by atoms with Gasteiger partial charge in [-0.25, -0.2) is 4.39 Å². The molecule has 0 aromatic heterocycles. The van der Waals surface area contributed by atoms with Crippen molar-refractivity contribution in [2.24, 2.45) is 0 Å². The molecule has 1 aliphatic heterocycles.